The van der Waals surface area contributed by atoms with Crippen LogP contribution in [0.15, 0.2) is 22.7 Å². The molecule has 2 N–H and O–H groups in total. The molecule has 16 heavy (non-hydrogen) atoms. The molecule has 1 heterocycles. The highest BCUT2D eigenvalue weighted by Gasteiger charge is 2.19. The van der Waals surface area contributed by atoms with Crippen LogP contribution in [-0.2, 0) is 0 Å². The van der Waals surface area contributed by atoms with Gasteiger partial charge in [0.1, 0.15) is 6.07 Å². The van der Waals surface area contributed by atoms with Gasteiger partial charge in [0.15, 0.2) is 0 Å². The monoisotopic (exact) mass is 279 g/mol. The van der Waals surface area contributed by atoms with Gasteiger partial charge < -0.3 is 10.6 Å². The Bertz CT molecular complexity index is 425. The van der Waals surface area contributed by atoms with Gasteiger partial charge in [0.25, 0.3) is 0 Å². The van der Waals surface area contributed by atoms with Crippen LogP contribution >= 0.6 is 15.9 Å². The highest BCUT2D eigenvalue weighted by Crippen LogP contribution is 2.28. The molecule has 1 saturated heterocycles. The highest BCUT2D eigenvalue weighted by atomic mass is 79.9. The molecule has 0 radical (unpaired) electrons. The first-order chi connectivity index (χ1) is 7.72. The summed E-state index contributed by atoms with van der Waals surface area (Å²) in [5.74, 6) is 0. The van der Waals surface area contributed by atoms with E-state index in [0.29, 0.717) is 5.56 Å². The number of nitriles is 1. The first kappa shape index (κ1) is 11.4. The molecule has 0 aromatic heterocycles. The molecule has 0 bridgehead atoms. The molecule has 0 aliphatic carbocycles. The predicted molar refractivity (Wildman–Crippen MR) is 68.3 cm³/mol. The third-order valence-corrected chi connectivity index (χ3v) is 3.56. The second kappa shape index (κ2) is 4.86. The number of anilines is 1. The number of halogens is 1. The van der Waals surface area contributed by atoms with E-state index in [1.165, 1.54) is 0 Å². The van der Waals surface area contributed by atoms with Crippen molar-refractivity contribution in [3.8, 4) is 6.07 Å². The number of nitrogens with two attached hydrogens (primary N) is 1. The number of benzene rings is 1. The third kappa shape index (κ3) is 2.21. The maximum Gasteiger partial charge on any atom is 0.103 e. The van der Waals surface area contributed by atoms with Crippen LogP contribution in [0.3, 0.4) is 0 Å². The fraction of sp³-hybridized carbons (Fsp3) is 0.417. The Morgan fingerprint density at radius 3 is 3.00 bits per heavy atom. The quantitative estimate of drug-likeness (QED) is 0.858. The van der Waals surface area contributed by atoms with E-state index in [4.69, 9.17) is 11.0 Å². The minimum atomic E-state index is 0.222. The van der Waals surface area contributed by atoms with E-state index in [2.05, 4.69) is 26.9 Å². The van der Waals surface area contributed by atoms with E-state index < -0.39 is 0 Å². The topological polar surface area (TPSA) is 53.0 Å². The average molecular weight is 280 g/mol. The molecule has 0 spiro atoms. The molecule has 1 aromatic rings. The summed E-state index contributed by atoms with van der Waals surface area (Å²) in [6.45, 7) is 1.82. The molecular weight excluding hydrogens is 266 g/mol. The van der Waals surface area contributed by atoms with E-state index in [0.717, 1.165) is 36.1 Å². The standard InChI is InChI=1S/C12H14BrN3/c13-11-4-1-5-12(10(11)7-14)16-6-2-3-9(15)8-16/h1,4-5,9H,2-3,6,8,15H2/t9-/m1/s1. The zero-order valence-corrected chi connectivity index (χ0v) is 10.6. The van der Waals surface area contributed by atoms with Gasteiger partial charge in [-0.3, -0.25) is 0 Å². The van der Waals surface area contributed by atoms with Crippen molar-refractivity contribution in [1.29, 1.82) is 5.26 Å². The predicted octanol–water partition coefficient (Wildman–Crippen LogP) is 2.25. The van der Waals surface area contributed by atoms with Crippen LogP contribution in [0.25, 0.3) is 0 Å². The second-order valence-electron chi connectivity index (χ2n) is 4.09. The molecule has 0 amide bonds. The van der Waals surface area contributed by atoms with Crippen molar-refractivity contribution in [3.05, 3.63) is 28.2 Å². The SMILES string of the molecule is N#Cc1c(Br)cccc1N1CCC[C@@H](N)C1. The fourth-order valence-corrected chi connectivity index (χ4v) is 2.56. The van der Waals surface area contributed by atoms with Gasteiger partial charge in [-0.15, -0.1) is 0 Å². The van der Waals surface area contributed by atoms with Crippen molar-refractivity contribution >= 4 is 21.6 Å². The molecule has 1 aromatic carbocycles. The summed E-state index contributed by atoms with van der Waals surface area (Å²) < 4.78 is 0.853. The Kier molecular flexibility index (Phi) is 3.47. The van der Waals surface area contributed by atoms with Crippen molar-refractivity contribution in [3.63, 3.8) is 0 Å². The summed E-state index contributed by atoms with van der Waals surface area (Å²) in [5, 5.41) is 9.16. The van der Waals surface area contributed by atoms with E-state index in [1.54, 1.807) is 0 Å². The lowest BCUT2D eigenvalue weighted by molar-refractivity contribution is 0.506. The van der Waals surface area contributed by atoms with Gasteiger partial charge in [-0.05, 0) is 40.9 Å². The molecule has 1 fully saturated rings. The van der Waals surface area contributed by atoms with Gasteiger partial charge >= 0.3 is 0 Å². The minimum Gasteiger partial charge on any atom is -0.369 e. The Labute approximate surface area is 104 Å². The van der Waals surface area contributed by atoms with Crippen LogP contribution < -0.4 is 10.6 Å². The maximum atomic E-state index is 9.16. The average Bonchev–Trinajstić information content (AvgIpc) is 2.28. The summed E-state index contributed by atoms with van der Waals surface area (Å²) in [5.41, 5.74) is 7.65. The van der Waals surface area contributed by atoms with Crippen LogP contribution in [0.4, 0.5) is 5.69 Å². The molecule has 1 aliphatic heterocycles. The lowest BCUT2D eigenvalue weighted by Crippen LogP contribution is -2.43. The molecule has 0 unspecified atom stereocenters. The summed E-state index contributed by atoms with van der Waals surface area (Å²) in [7, 11) is 0. The molecular formula is C12H14BrN3. The van der Waals surface area contributed by atoms with Crippen LogP contribution in [0.1, 0.15) is 18.4 Å². The van der Waals surface area contributed by atoms with Crippen molar-refractivity contribution in [2.45, 2.75) is 18.9 Å². The lowest BCUT2D eigenvalue weighted by atomic mass is 10.0. The van der Waals surface area contributed by atoms with E-state index in [-0.39, 0.29) is 6.04 Å². The molecule has 4 heteroatoms. The first-order valence-electron chi connectivity index (χ1n) is 5.41. The van der Waals surface area contributed by atoms with Crippen LogP contribution in [0, 0.1) is 11.3 Å². The Hall–Kier alpha value is -1.05. The van der Waals surface area contributed by atoms with Crippen molar-refractivity contribution in [2.75, 3.05) is 18.0 Å². The summed E-state index contributed by atoms with van der Waals surface area (Å²) >= 11 is 3.41. The molecule has 84 valence electrons. The number of piperidine rings is 1. The first-order valence-corrected chi connectivity index (χ1v) is 6.21. The van der Waals surface area contributed by atoms with Crippen LogP contribution in [-0.4, -0.2) is 19.1 Å². The number of rotatable bonds is 1. The molecule has 3 nitrogen and oxygen atoms in total. The molecule has 1 aliphatic rings. The van der Waals surface area contributed by atoms with Gasteiger partial charge in [0.2, 0.25) is 0 Å². The lowest BCUT2D eigenvalue weighted by Gasteiger charge is -2.33. The largest absolute Gasteiger partial charge is 0.369 e. The molecule has 2 rings (SSSR count). The Morgan fingerprint density at radius 1 is 1.50 bits per heavy atom. The van der Waals surface area contributed by atoms with Crippen molar-refractivity contribution in [1.82, 2.24) is 0 Å². The number of hydrogen-bond donors (Lipinski definition) is 1. The second-order valence-corrected chi connectivity index (χ2v) is 4.95. The fourth-order valence-electron chi connectivity index (χ4n) is 2.12. The van der Waals surface area contributed by atoms with Crippen LogP contribution in [0.2, 0.25) is 0 Å². The minimum absolute atomic E-state index is 0.222. The van der Waals surface area contributed by atoms with Gasteiger partial charge in [-0.2, -0.15) is 5.26 Å². The van der Waals surface area contributed by atoms with Gasteiger partial charge in [0, 0.05) is 23.6 Å². The Balaban J connectivity index is 2.33. The summed E-state index contributed by atoms with van der Waals surface area (Å²) in [6.07, 6.45) is 2.17. The number of nitrogens with zero attached hydrogens (tertiary/aromatic N) is 2. The van der Waals surface area contributed by atoms with E-state index >= 15 is 0 Å². The van der Waals surface area contributed by atoms with Crippen LogP contribution in [0.5, 0.6) is 0 Å². The molecule has 1 atom stereocenters. The summed E-state index contributed by atoms with van der Waals surface area (Å²) in [4.78, 5) is 2.21. The van der Waals surface area contributed by atoms with Gasteiger partial charge in [-0.25, -0.2) is 0 Å². The summed E-state index contributed by atoms with van der Waals surface area (Å²) in [6, 6.07) is 8.31. The van der Waals surface area contributed by atoms with E-state index in [9.17, 15) is 0 Å². The smallest absolute Gasteiger partial charge is 0.103 e. The third-order valence-electron chi connectivity index (χ3n) is 2.90. The van der Waals surface area contributed by atoms with Crippen molar-refractivity contribution in [2.24, 2.45) is 5.73 Å². The zero-order valence-electron chi connectivity index (χ0n) is 8.99. The number of hydrogen-bond acceptors (Lipinski definition) is 3. The van der Waals surface area contributed by atoms with Gasteiger partial charge in [-0.1, -0.05) is 6.07 Å². The normalized spacial score (nSPS) is 20.6. The van der Waals surface area contributed by atoms with Gasteiger partial charge in [0.05, 0.1) is 11.3 Å². The molecule has 0 saturated carbocycles. The van der Waals surface area contributed by atoms with E-state index in [1.807, 2.05) is 18.2 Å². The Morgan fingerprint density at radius 2 is 2.31 bits per heavy atom. The maximum absolute atomic E-state index is 9.16. The zero-order chi connectivity index (χ0) is 11.5. The van der Waals surface area contributed by atoms with Crippen molar-refractivity contribution < 1.29 is 0 Å². The highest BCUT2D eigenvalue weighted by molar-refractivity contribution is 9.10.